The summed E-state index contributed by atoms with van der Waals surface area (Å²) in [6.45, 7) is 0.537. The van der Waals surface area contributed by atoms with Crippen molar-refractivity contribution in [2.45, 2.75) is 19.4 Å². The molecule has 2 aromatic rings. The SMILES string of the molecule is COc1cc(CCC(=O)NCc2ccccc2)cc(OC)c1OC. The maximum absolute atomic E-state index is 12.0. The zero-order valence-corrected chi connectivity index (χ0v) is 14.3. The Hall–Kier alpha value is -2.69. The molecule has 0 heterocycles. The van der Waals surface area contributed by atoms with Gasteiger partial charge in [0.1, 0.15) is 0 Å². The highest BCUT2D eigenvalue weighted by molar-refractivity contribution is 5.76. The number of methoxy groups -OCH3 is 3. The van der Waals surface area contributed by atoms with Gasteiger partial charge < -0.3 is 19.5 Å². The number of benzene rings is 2. The number of hydrogen-bond acceptors (Lipinski definition) is 4. The van der Waals surface area contributed by atoms with E-state index in [4.69, 9.17) is 14.2 Å². The third kappa shape index (κ3) is 4.65. The zero-order chi connectivity index (χ0) is 17.4. The fourth-order valence-electron chi connectivity index (χ4n) is 2.42. The van der Waals surface area contributed by atoms with Crippen molar-refractivity contribution in [1.29, 1.82) is 0 Å². The van der Waals surface area contributed by atoms with Crippen LogP contribution in [0.15, 0.2) is 42.5 Å². The number of amides is 1. The predicted octanol–water partition coefficient (Wildman–Crippen LogP) is 2.96. The highest BCUT2D eigenvalue weighted by Gasteiger charge is 2.13. The van der Waals surface area contributed by atoms with Crippen LogP contribution in [0.2, 0.25) is 0 Å². The molecule has 0 atom stereocenters. The fourth-order valence-corrected chi connectivity index (χ4v) is 2.42. The van der Waals surface area contributed by atoms with E-state index in [1.54, 1.807) is 21.3 Å². The van der Waals surface area contributed by atoms with Gasteiger partial charge in [-0.1, -0.05) is 30.3 Å². The number of carbonyl (C=O) groups is 1. The van der Waals surface area contributed by atoms with Crippen molar-refractivity contribution in [3.8, 4) is 17.2 Å². The average Bonchev–Trinajstić information content (AvgIpc) is 2.64. The number of ether oxygens (including phenoxy) is 3. The van der Waals surface area contributed by atoms with Gasteiger partial charge in [-0.2, -0.15) is 0 Å². The lowest BCUT2D eigenvalue weighted by molar-refractivity contribution is -0.121. The van der Waals surface area contributed by atoms with Crippen LogP contribution in [0.25, 0.3) is 0 Å². The first kappa shape index (κ1) is 17.7. The number of hydrogen-bond donors (Lipinski definition) is 1. The Kier molecular flexibility index (Phi) is 6.49. The van der Waals surface area contributed by atoms with Crippen molar-refractivity contribution in [3.63, 3.8) is 0 Å². The van der Waals surface area contributed by atoms with E-state index in [-0.39, 0.29) is 5.91 Å². The molecule has 5 nitrogen and oxygen atoms in total. The molecule has 0 aliphatic heterocycles. The molecule has 24 heavy (non-hydrogen) atoms. The van der Waals surface area contributed by atoms with Crippen LogP contribution in [-0.4, -0.2) is 27.2 Å². The van der Waals surface area contributed by atoms with Crippen LogP contribution >= 0.6 is 0 Å². The van der Waals surface area contributed by atoms with E-state index in [0.29, 0.717) is 36.6 Å². The lowest BCUT2D eigenvalue weighted by Gasteiger charge is -2.14. The molecule has 0 aromatic heterocycles. The zero-order valence-electron chi connectivity index (χ0n) is 14.3. The summed E-state index contributed by atoms with van der Waals surface area (Å²) in [4.78, 5) is 12.0. The van der Waals surface area contributed by atoms with Crippen molar-refractivity contribution in [2.75, 3.05) is 21.3 Å². The van der Waals surface area contributed by atoms with Crippen LogP contribution in [-0.2, 0) is 17.8 Å². The average molecular weight is 329 g/mol. The van der Waals surface area contributed by atoms with E-state index in [2.05, 4.69) is 5.32 Å². The maximum atomic E-state index is 12.0. The Labute approximate surface area is 142 Å². The van der Waals surface area contributed by atoms with Crippen LogP contribution in [0, 0.1) is 0 Å². The molecular formula is C19H23NO4. The Balaban J connectivity index is 1.94. The van der Waals surface area contributed by atoms with Gasteiger partial charge in [0.05, 0.1) is 21.3 Å². The molecule has 2 rings (SSSR count). The summed E-state index contributed by atoms with van der Waals surface area (Å²) in [5.41, 5.74) is 2.04. The van der Waals surface area contributed by atoms with Gasteiger partial charge in [0, 0.05) is 13.0 Å². The maximum Gasteiger partial charge on any atom is 0.220 e. The number of rotatable bonds is 8. The second-order valence-electron chi connectivity index (χ2n) is 5.30. The van der Waals surface area contributed by atoms with Crippen molar-refractivity contribution < 1.29 is 19.0 Å². The fraction of sp³-hybridized carbons (Fsp3) is 0.316. The summed E-state index contributed by atoms with van der Waals surface area (Å²) in [7, 11) is 4.72. The van der Waals surface area contributed by atoms with E-state index in [0.717, 1.165) is 11.1 Å². The van der Waals surface area contributed by atoms with Crippen LogP contribution in [0.4, 0.5) is 0 Å². The molecule has 0 unspecified atom stereocenters. The summed E-state index contributed by atoms with van der Waals surface area (Å²) in [6, 6.07) is 13.6. The van der Waals surface area contributed by atoms with Gasteiger partial charge in [0.25, 0.3) is 0 Å². The Morgan fingerprint density at radius 1 is 0.917 bits per heavy atom. The summed E-state index contributed by atoms with van der Waals surface area (Å²) < 4.78 is 15.9. The first-order valence-corrected chi connectivity index (χ1v) is 7.77. The van der Waals surface area contributed by atoms with E-state index in [9.17, 15) is 4.79 Å². The number of aryl methyl sites for hydroxylation is 1. The van der Waals surface area contributed by atoms with E-state index in [1.165, 1.54) is 0 Å². The molecular weight excluding hydrogens is 306 g/mol. The van der Waals surface area contributed by atoms with Gasteiger partial charge in [-0.3, -0.25) is 4.79 Å². The molecule has 0 spiro atoms. The second kappa shape index (κ2) is 8.82. The third-order valence-corrected chi connectivity index (χ3v) is 3.70. The minimum absolute atomic E-state index is 0.00704. The molecule has 0 saturated carbocycles. The molecule has 0 radical (unpaired) electrons. The first-order valence-electron chi connectivity index (χ1n) is 7.77. The van der Waals surface area contributed by atoms with Crippen LogP contribution in [0.5, 0.6) is 17.2 Å². The molecule has 2 aromatic carbocycles. The number of carbonyl (C=O) groups excluding carboxylic acids is 1. The van der Waals surface area contributed by atoms with Crippen molar-refractivity contribution in [3.05, 3.63) is 53.6 Å². The number of nitrogens with one attached hydrogen (secondary N) is 1. The molecule has 0 saturated heterocycles. The van der Waals surface area contributed by atoms with Crippen molar-refractivity contribution >= 4 is 5.91 Å². The lowest BCUT2D eigenvalue weighted by atomic mass is 10.1. The van der Waals surface area contributed by atoms with E-state index >= 15 is 0 Å². The quantitative estimate of drug-likeness (QED) is 0.809. The van der Waals surface area contributed by atoms with Gasteiger partial charge in [0.15, 0.2) is 11.5 Å². The van der Waals surface area contributed by atoms with E-state index < -0.39 is 0 Å². The minimum atomic E-state index is 0.00704. The molecule has 0 bridgehead atoms. The molecule has 1 N–H and O–H groups in total. The van der Waals surface area contributed by atoms with E-state index in [1.807, 2.05) is 42.5 Å². The van der Waals surface area contributed by atoms with Gasteiger partial charge in [-0.15, -0.1) is 0 Å². The summed E-state index contributed by atoms with van der Waals surface area (Å²) in [6.07, 6.45) is 0.989. The smallest absolute Gasteiger partial charge is 0.220 e. The molecule has 1 amide bonds. The molecule has 5 heteroatoms. The van der Waals surface area contributed by atoms with Gasteiger partial charge in [0.2, 0.25) is 11.7 Å². The Morgan fingerprint density at radius 2 is 1.54 bits per heavy atom. The normalized spacial score (nSPS) is 10.1. The first-order chi connectivity index (χ1) is 11.7. The summed E-state index contributed by atoms with van der Waals surface area (Å²) in [5.74, 6) is 1.75. The van der Waals surface area contributed by atoms with Crippen LogP contribution < -0.4 is 19.5 Å². The molecule has 128 valence electrons. The standard InChI is InChI=1S/C19H23NO4/c1-22-16-11-15(12-17(23-2)19(16)24-3)9-10-18(21)20-13-14-7-5-4-6-8-14/h4-8,11-12H,9-10,13H2,1-3H3,(H,20,21). The van der Waals surface area contributed by atoms with Gasteiger partial charge in [-0.25, -0.2) is 0 Å². The Morgan fingerprint density at radius 3 is 2.08 bits per heavy atom. The highest BCUT2D eigenvalue weighted by Crippen LogP contribution is 2.38. The third-order valence-electron chi connectivity index (χ3n) is 3.70. The predicted molar refractivity (Wildman–Crippen MR) is 92.7 cm³/mol. The minimum Gasteiger partial charge on any atom is -0.493 e. The molecule has 0 fully saturated rings. The lowest BCUT2D eigenvalue weighted by Crippen LogP contribution is -2.22. The molecule has 0 aliphatic rings. The monoisotopic (exact) mass is 329 g/mol. The summed E-state index contributed by atoms with van der Waals surface area (Å²) >= 11 is 0. The van der Waals surface area contributed by atoms with Gasteiger partial charge >= 0.3 is 0 Å². The topological polar surface area (TPSA) is 56.8 Å². The Bertz CT molecular complexity index is 645. The van der Waals surface area contributed by atoms with Crippen LogP contribution in [0.3, 0.4) is 0 Å². The van der Waals surface area contributed by atoms with Gasteiger partial charge in [-0.05, 0) is 29.7 Å². The van der Waals surface area contributed by atoms with Crippen LogP contribution in [0.1, 0.15) is 17.5 Å². The van der Waals surface area contributed by atoms with Crippen molar-refractivity contribution in [1.82, 2.24) is 5.32 Å². The largest absolute Gasteiger partial charge is 0.493 e. The second-order valence-corrected chi connectivity index (χ2v) is 5.30. The summed E-state index contributed by atoms with van der Waals surface area (Å²) in [5, 5.41) is 2.92. The molecule has 0 aliphatic carbocycles. The highest BCUT2D eigenvalue weighted by atomic mass is 16.5. The van der Waals surface area contributed by atoms with Crippen molar-refractivity contribution in [2.24, 2.45) is 0 Å².